The molecule has 0 radical (unpaired) electrons. The van der Waals surface area contributed by atoms with E-state index >= 15 is 0 Å². The third-order valence-electron chi connectivity index (χ3n) is 4.49. The largest absolute Gasteiger partial charge is 0.370 e. The highest BCUT2D eigenvalue weighted by Crippen LogP contribution is 2.22. The summed E-state index contributed by atoms with van der Waals surface area (Å²) in [6, 6.07) is 2.02. The predicted octanol–water partition coefficient (Wildman–Crippen LogP) is 3.74. The van der Waals surface area contributed by atoms with Crippen LogP contribution in [0.4, 0.5) is 0 Å². The minimum absolute atomic E-state index is 0. The van der Waals surface area contributed by atoms with E-state index in [1.807, 2.05) is 6.07 Å². The highest BCUT2D eigenvalue weighted by Gasteiger charge is 2.17. The lowest BCUT2D eigenvalue weighted by Crippen LogP contribution is -2.42. The number of guanidine groups is 1. The number of nitrogens with zero attached hydrogens (tertiary/aromatic N) is 3. The van der Waals surface area contributed by atoms with Gasteiger partial charge in [-0.25, -0.2) is 4.99 Å². The summed E-state index contributed by atoms with van der Waals surface area (Å²) in [5, 5.41) is 4.16. The first-order valence-corrected chi connectivity index (χ1v) is 8.14. The Hall–Kier alpha value is -0.790. The zero-order valence-electron chi connectivity index (χ0n) is 13.9. The second kappa shape index (κ2) is 9.37. The minimum Gasteiger partial charge on any atom is -0.370 e. The van der Waals surface area contributed by atoms with Gasteiger partial charge in [-0.05, 0) is 31.6 Å². The molecular formula is C16H29IN4O. The van der Waals surface area contributed by atoms with Crippen molar-refractivity contribution in [2.45, 2.75) is 58.9 Å². The molecule has 1 saturated heterocycles. The van der Waals surface area contributed by atoms with Crippen LogP contribution in [0.3, 0.4) is 0 Å². The molecule has 0 aliphatic carbocycles. The normalized spacial score (nSPS) is 16.9. The highest BCUT2D eigenvalue weighted by molar-refractivity contribution is 14.0. The van der Waals surface area contributed by atoms with E-state index in [0.29, 0.717) is 18.4 Å². The molecule has 0 saturated carbocycles. The average Bonchev–Trinajstić information content (AvgIpc) is 2.96. The van der Waals surface area contributed by atoms with Gasteiger partial charge in [0.15, 0.2) is 11.7 Å². The Balaban J connectivity index is 0.00000242. The molecule has 0 unspecified atom stereocenters. The van der Waals surface area contributed by atoms with Crippen molar-refractivity contribution in [2.75, 3.05) is 13.1 Å². The lowest BCUT2D eigenvalue weighted by Gasteiger charge is -2.30. The Bertz CT molecular complexity index is 462. The van der Waals surface area contributed by atoms with Gasteiger partial charge in [-0.3, -0.25) is 0 Å². The van der Waals surface area contributed by atoms with Crippen LogP contribution in [0.25, 0.3) is 0 Å². The Kier molecular flexibility index (Phi) is 8.20. The van der Waals surface area contributed by atoms with E-state index in [1.165, 1.54) is 12.8 Å². The van der Waals surface area contributed by atoms with Gasteiger partial charge in [-0.15, -0.1) is 24.0 Å². The van der Waals surface area contributed by atoms with Gasteiger partial charge >= 0.3 is 0 Å². The standard InChI is InChI=1S/C16H28N4O.HI/c1-4-13(5-2)15-10-14(21-19-15)11-18-16(17)20-8-6-12(3)7-9-20;/h10,12-13H,4-9,11H2,1-3H3,(H2,17,18);1H. The number of hydrogen-bond acceptors (Lipinski definition) is 3. The summed E-state index contributed by atoms with van der Waals surface area (Å²) in [6.45, 7) is 9.13. The fourth-order valence-electron chi connectivity index (χ4n) is 2.80. The fraction of sp³-hybridized carbons (Fsp3) is 0.750. The Morgan fingerprint density at radius 1 is 1.41 bits per heavy atom. The van der Waals surface area contributed by atoms with E-state index in [1.54, 1.807) is 0 Å². The van der Waals surface area contributed by atoms with Crippen molar-refractivity contribution in [1.82, 2.24) is 10.1 Å². The van der Waals surface area contributed by atoms with Crippen LogP contribution in [-0.2, 0) is 6.54 Å². The maximum absolute atomic E-state index is 6.07. The van der Waals surface area contributed by atoms with Crippen LogP contribution in [0.1, 0.15) is 63.8 Å². The van der Waals surface area contributed by atoms with Crippen LogP contribution < -0.4 is 5.73 Å². The first-order chi connectivity index (χ1) is 10.1. The lowest BCUT2D eigenvalue weighted by molar-refractivity contribution is 0.277. The van der Waals surface area contributed by atoms with Crippen LogP contribution in [0, 0.1) is 5.92 Å². The molecule has 6 heteroatoms. The molecule has 0 spiro atoms. The van der Waals surface area contributed by atoms with Crippen molar-refractivity contribution in [3.05, 3.63) is 17.5 Å². The minimum atomic E-state index is 0. The van der Waals surface area contributed by atoms with Crippen molar-refractivity contribution in [3.63, 3.8) is 0 Å². The highest BCUT2D eigenvalue weighted by atomic mass is 127. The van der Waals surface area contributed by atoms with Gasteiger partial charge in [0.1, 0.15) is 6.54 Å². The molecule has 5 nitrogen and oxygen atoms in total. The second-order valence-corrected chi connectivity index (χ2v) is 6.08. The summed E-state index contributed by atoms with van der Waals surface area (Å²) in [5.74, 6) is 2.70. The van der Waals surface area contributed by atoms with Gasteiger partial charge in [0.05, 0.1) is 5.69 Å². The van der Waals surface area contributed by atoms with E-state index in [4.69, 9.17) is 10.3 Å². The van der Waals surface area contributed by atoms with Crippen LogP contribution in [0.2, 0.25) is 0 Å². The number of halogens is 1. The number of rotatable bonds is 5. The van der Waals surface area contributed by atoms with Crippen LogP contribution >= 0.6 is 24.0 Å². The van der Waals surface area contributed by atoms with E-state index in [0.717, 1.165) is 43.3 Å². The van der Waals surface area contributed by atoms with Crippen LogP contribution in [0.5, 0.6) is 0 Å². The molecule has 0 bridgehead atoms. The van der Waals surface area contributed by atoms with Crippen molar-refractivity contribution in [3.8, 4) is 0 Å². The average molecular weight is 420 g/mol. The summed E-state index contributed by atoms with van der Waals surface area (Å²) in [6.07, 6.45) is 4.55. The number of hydrogen-bond donors (Lipinski definition) is 1. The molecule has 0 aromatic carbocycles. The fourth-order valence-corrected chi connectivity index (χ4v) is 2.80. The maximum atomic E-state index is 6.07. The van der Waals surface area contributed by atoms with E-state index < -0.39 is 0 Å². The number of aliphatic imine (C=N–C) groups is 1. The van der Waals surface area contributed by atoms with Gasteiger partial charge in [0, 0.05) is 25.1 Å². The molecular weight excluding hydrogens is 391 g/mol. The van der Waals surface area contributed by atoms with Gasteiger partial charge in [-0.2, -0.15) is 0 Å². The quantitative estimate of drug-likeness (QED) is 0.448. The molecule has 2 N–H and O–H groups in total. The predicted molar refractivity (Wildman–Crippen MR) is 101 cm³/mol. The number of nitrogens with two attached hydrogens (primary N) is 1. The molecule has 1 aromatic heterocycles. The van der Waals surface area contributed by atoms with Crippen LogP contribution in [0.15, 0.2) is 15.6 Å². The lowest BCUT2D eigenvalue weighted by atomic mass is 9.99. The molecule has 1 aromatic rings. The van der Waals surface area contributed by atoms with Gasteiger partial charge < -0.3 is 15.2 Å². The maximum Gasteiger partial charge on any atom is 0.191 e. The zero-order chi connectivity index (χ0) is 15.2. The Morgan fingerprint density at radius 3 is 2.64 bits per heavy atom. The van der Waals surface area contributed by atoms with Crippen LogP contribution in [-0.4, -0.2) is 29.1 Å². The summed E-state index contributed by atoms with van der Waals surface area (Å²) in [4.78, 5) is 6.62. The molecule has 2 rings (SSSR count). The summed E-state index contributed by atoms with van der Waals surface area (Å²) < 4.78 is 5.37. The summed E-state index contributed by atoms with van der Waals surface area (Å²) in [7, 11) is 0. The monoisotopic (exact) mass is 420 g/mol. The first kappa shape index (κ1) is 19.3. The molecule has 1 aliphatic rings. The van der Waals surface area contributed by atoms with Gasteiger partial charge in [-0.1, -0.05) is 25.9 Å². The molecule has 1 fully saturated rings. The molecule has 22 heavy (non-hydrogen) atoms. The van der Waals surface area contributed by atoms with Crippen molar-refractivity contribution >= 4 is 29.9 Å². The van der Waals surface area contributed by atoms with E-state index in [9.17, 15) is 0 Å². The number of piperidine rings is 1. The first-order valence-electron chi connectivity index (χ1n) is 8.14. The zero-order valence-corrected chi connectivity index (χ0v) is 16.2. The van der Waals surface area contributed by atoms with Gasteiger partial charge in [0.25, 0.3) is 0 Å². The number of aromatic nitrogens is 1. The topological polar surface area (TPSA) is 67.7 Å². The van der Waals surface area contributed by atoms with E-state index in [-0.39, 0.29) is 24.0 Å². The number of likely N-dealkylation sites (tertiary alicyclic amines) is 1. The Labute approximate surface area is 150 Å². The third-order valence-corrected chi connectivity index (χ3v) is 4.49. The summed E-state index contributed by atoms with van der Waals surface area (Å²) >= 11 is 0. The smallest absolute Gasteiger partial charge is 0.191 e. The summed E-state index contributed by atoms with van der Waals surface area (Å²) in [5.41, 5.74) is 7.11. The Morgan fingerprint density at radius 2 is 2.05 bits per heavy atom. The van der Waals surface area contributed by atoms with E-state index in [2.05, 4.69) is 35.8 Å². The van der Waals surface area contributed by atoms with Gasteiger partial charge in [0.2, 0.25) is 0 Å². The molecule has 1 aliphatic heterocycles. The third kappa shape index (κ3) is 5.14. The molecule has 126 valence electrons. The SMILES string of the molecule is CCC(CC)c1cc(CN=C(N)N2CCC(C)CC2)on1.I. The van der Waals surface area contributed by atoms with Crippen molar-refractivity contribution < 1.29 is 4.52 Å². The van der Waals surface area contributed by atoms with Crippen molar-refractivity contribution in [1.29, 1.82) is 0 Å². The van der Waals surface area contributed by atoms with Crippen molar-refractivity contribution in [2.24, 2.45) is 16.6 Å². The second-order valence-electron chi connectivity index (χ2n) is 6.08. The molecule has 0 amide bonds. The molecule has 2 heterocycles. The molecule has 0 atom stereocenters.